The van der Waals surface area contributed by atoms with E-state index in [2.05, 4.69) is 15.6 Å². The summed E-state index contributed by atoms with van der Waals surface area (Å²) < 4.78 is 27.1. The zero-order chi connectivity index (χ0) is 22.5. The molecule has 178 valence electrons. The number of methoxy groups -OCH3 is 4. The summed E-state index contributed by atoms with van der Waals surface area (Å²) in [6.45, 7) is 1.92. The van der Waals surface area contributed by atoms with E-state index in [9.17, 15) is 0 Å². The molecule has 0 radical (unpaired) electrons. The van der Waals surface area contributed by atoms with Crippen molar-refractivity contribution in [2.75, 3.05) is 60.6 Å². The minimum absolute atomic E-state index is 0. The number of benzene rings is 2. The van der Waals surface area contributed by atoms with Crippen LogP contribution in [0.15, 0.2) is 41.4 Å². The number of ether oxygens (including phenoxy) is 5. The molecule has 8 nitrogen and oxygen atoms in total. The fourth-order valence-electron chi connectivity index (χ4n) is 3.00. The van der Waals surface area contributed by atoms with Gasteiger partial charge in [0.15, 0.2) is 5.96 Å². The van der Waals surface area contributed by atoms with Crippen LogP contribution in [0.4, 0.5) is 5.69 Å². The molecule has 0 saturated carbocycles. The van der Waals surface area contributed by atoms with Crippen molar-refractivity contribution in [3.8, 4) is 23.0 Å². The van der Waals surface area contributed by atoms with Gasteiger partial charge in [0, 0.05) is 63.2 Å². The van der Waals surface area contributed by atoms with Crippen LogP contribution in [-0.2, 0) is 11.2 Å². The molecule has 2 aromatic carbocycles. The Morgan fingerprint density at radius 1 is 0.906 bits per heavy atom. The summed E-state index contributed by atoms with van der Waals surface area (Å²) in [6, 6.07) is 11.5. The molecular weight excluding hydrogens is 525 g/mol. The van der Waals surface area contributed by atoms with Crippen molar-refractivity contribution in [2.45, 2.75) is 12.8 Å². The summed E-state index contributed by atoms with van der Waals surface area (Å²) in [7, 11) is 8.30. The average molecular weight is 559 g/mol. The monoisotopic (exact) mass is 559 g/mol. The molecule has 0 aliphatic rings. The lowest BCUT2D eigenvalue weighted by Gasteiger charge is -2.17. The molecule has 2 rings (SSSR count). The fourth-order valence-corrected chi connectivity index (χ4v) is 3.00. The molecule has 0 bridgehead atoms. The Hall–Kier alpha value is -2.40. The van der Waals surface area contributed by atoms with Crippen molar-refractivity contribution in [1.82, 2.24) is 5.32 Å². The van der Waals surface area contributed by atoms with Gasteiger partial charge in [0.05, 0.1) is 27.9 Å². The molecule has 2 aromatic rings. The Morgan fingerprint density at radius 2 is 1.62 bits per heavy atom. The third kappa shape index (κ3) is 8.62. The quantitative estimate of drug-likeness (QED) is 0.176. The summed E-state index contributed by atoms with van der Waals surface area (Å²) in [4.78, 5) is 4.30. The standard InChI is InChI=1S/C23H33N3O5.HI/c1-24-23(26-17-8-6-9-18(14-17)31-13-7-12-27-2)25-11-10-20-21(29-4)15-19(28-3)16-22(20)30-5;/h6,8-9,14-16H,7,10-13H2,1-5H3,(H2,24,25,26);1H. The number of rotatable bonds is 12. The van der Waals surface area contributed by atoms with Gasteiger partial charge in [-0.25, -0.2) is 0 Å². The van der Waals surface area contributed by atoms with Crippen molar-refractivity contribution in [3.05, 3.63) is 42.0 Å². The largest absolute Gasteiger partial charge is 0.496 e. The topological polar surface area (TPSA) is 82.6 Å². The molecule has 0 heterocycles. The highest BCUT2D eigenvalue weighted by molar-refractivity contribution is 14.0. The SMILES string of the molecule is CN=C(NCCc1c(OC)cc(OC)cc1OC)Nc1cccc(OCCCOC)c1.I. The number of halogens is 1. The second-order valence-electron chi connectivity index (χ2n) is 6.61. The van der Waals surface area contributed by atoms with Crippen molar-refractivity contribution in [2.24, 2.45) is 4.99 Å². The van der Waals surface area contributed by atoms with E-state index in [0.717, 1.165) is 34.9 Å². The summed E-state index contributed by atoms with van der Waals surface area (Å²) in [5.74, 6) is 3.58. The molecule has 0 aliphatic carbocycles. The van der Waals surface area contributed by atoms with Crippen LogP contribution in [0.2, 0.25) is 0 Å². The van der Waals surface area contributed by atoms with Crippen LogP contribution in [0.25, 0.3) is 0 Å². The maximum atomic E-state index is 5.75. The smallest absolute Gasteiger partial charge is 0.195 e. The van der Waals surface area contributed by atoms with E-state index >= 15 is 0 Å². The Bertz CT molecular complexity index is 823. The molecule has 32 heavy (non-hydrogen) atoms. The second-order valence-corrected chi connectivity index (χ2v) is 6.61. The van der Waals surface area contributed by atoms with Crippen molar-refractivity contribution in [1.29, 1.82) is 0 Å². The van der Waals surface area contributed by atoms with E-state index in [1.54, 1.807) is 35.5 Å². The van der Waals surface area contributed by atoms with Gasteiger partial charge in [0.25, 0.3) is 0 Å². The van der Waals surface area contributed by atoms with Gasteiger partial charge in [-0.15, -0.1) is 24.0 Å². The first-order valence-corrected chi connectivity index (χ1v) is 10.1. The first-order valence-electron chi connectivity index (χ1n) is 10.1. The van der Waals surface area contributed by atoms with Gasteiger partial charge < -0.3 is 34.3 Å². The number of aliphatic imine (C=N–C) groups is 1. The lowest BCUT2D eigenvalue weighted by atomic mass is 10.1. The average Bonchev–Trinajstić information content (AvgIpc) is 2.81. The normalized spacial score (nSPS) is 10.7. The third-order valence-corrected chi connectivity index (χ3v) is 4.57. The molecule has 0 amide bonds. The molecule has 9 heteroatoms. The second kappa shape index (κ2) is 15.4. The van der Waals surface area contributed by atoms with E-state index in [1.807, 2.05) is 36.4 Å². The fraction of sp³-hybridized carbons (Fsp3) is 0.435. The minimum atomic E-state index is 0. The highest BCUT2D eigenvalue weighted by atomic mass is 127. The van der Waals surface area contributed by atoms with Crippen LogP contribution >= 0.6 is 24.0 Å². The van der Waals surface area contributed by atoms with Crippen molar-refractivity contribution in [3.63, 3.8) is 0 Å². The van der Waals surface area contributed by atoms with Crippen molar-refractivity contribution >= 4 is 35.6 Å². The maximum absolute atomic E-state index is 5.75. The summed E-state index contributed by atoms with van der Waals surface area (Å²) in [5.41, 5.74) is 1.84. The van der Waals surface area contributed by atoms with Gasteiger partial charge in [-0.05, 0) is 18.6 Å². The minimum Gasteiger partial charge on any atom is -0.496 e. The highest BCUT2D eigenvalue weighted by Crippen LogP contribution is 2.34. The van der Waals surface area contributed by atoms with Gasteiger partial charge in [-0.1, -0.05) is 6.07 Å². The van der Waals surface area contributed by atoms with Crippen LogP contribution in [0.5, 0.6) is 23.0 Å². The van der Waals surface area contributed by atoms with Crippen LogP contribution in [0, 0.1) is 0 Å². The Labute approximate surface area is 207 Å². The molecule has 0 aliphatic heterocycles. The van der Waals surface area contributed by atoms with Crippen molar-refractivity contribution < 1.29 is 23.7 Å². The number of guanidine groups is 1. The van der Waals surface area contributed by atoms with E-state index in [0.29, 0.717) is 37.9 Å². The first kappa shape index (κ1) is 27.6. The van der Waals surface area contributed by atoms with Gasteiger partial charge in [-0.2, -0.15) is 0 Å². The molecule has 0 spiro atoms. The number of hydrogen-bond acceptors (Lipinski definition) is 6. The lowest BCUT2D eigenvalue weighted by molar-refractivity contribution is 0.172. The Morgan fingerprint density at radius 3 is 2.22 bits per heavy atom. The number of nitrogens with one attached hydrogen (secondary N) is 2. The lowest BCUT2D eigenvalue weighted by Crippen LogP contribution is -2.32. The summed E-state index contributed by atoms with van der Waals surface area (Å²) >= 11 is 0. The van der Waals surface area contributed by atoms with Crippen LogP contribution in [0.1, 0.15) is 12.0 Å². The number of nitrogens with zero attached hydrogens (tertiary/aromatic N) is 1. The molecule has 2 N–H and O–H groups in total. The first-order chi connectivity index (χ1) is 15.1. The zero-order valence-corrected chi connectivity index (χ0v) is 21.7. The van der Waals surface area contributed by atoms with E-state index in [4.69, 9.17) is 23.7 Å². The molecule has 0 atom stereocenters. The van der Waals surface area contributed by atoms with Gasteiger partial charge in [0.2, 0.25) is 0 Å². The third-order valence-electron chi connectivity index (χ3n) is 4.57. The predicted octanol–water partition coefficient (Wildman–Crippen LogP) is 3.98. The van der Waals surface area contributed by atoms with E-state index in [-0.39, 0.29) is 24.0 Å². The molecule has 0 fully saturated rings. The van der Waals surface area contributed by atoms with Crippen LogP contribution in [0.3, 0.4) is 0 Å². The van der Waals surface area contributed by atoms with E-state index in [1.165, 1.54) is 0 Å². The molecular formula is C23H34IN3O5. The summed E-state index contributed by atoms with van der Waals surface area (Å²) in [6.07, 6.45) is 1.52. The Kier molecular flexibility index (Phi) is 13.3. The van der Waals surface area contributed by atoms with Crippen LogP contribution < -0.4 is 29.6 Å². The zero-order valence-electron chi connectivity index (χ0n) is 19.4. The predicted molar refractivity (Wildman–Crippen MR) is 139 cm³/mol. The Balaban J connectivity index is 0.00000512. The molecule has 0 aromatic heterocycles. The summed E-state index contributed by atoms with van der Waals surface area (Å²) in [5, 5.41) is 6.60. The maximum Gasteiger partial charge on any atom is 0.195 e. The number of anilines is 1. The van der Waals surface area contributed by atoms with Gasteiger partial charge in [-0.3, -0.25) is 4.99 Å². The van der Waals surface area contributed by atoms with Gasteiger partial charge >= 0.3 is 0 Å². The van der Waals surface area contributed by atoms with Gasteiger partial charge in [0.1, 0.15) is 23.0 Å². The van der Waals surface area contributed by atoms with E-state index < -0.39 is 0 Å². The molecule has 0 saturated heterocycles. The van der Waals surface area contributed by atoms with Crippen LogP contribution in [-0.4, -0.2) is 61.2 Å². The molecule has 0 unspecified atom stereocenters. The number of hydrogen-bond donors (Lipinski definition) is 2. The highest BCUT2D eigenvalue weighted by Gasteiger charge is 2.13.